The molecule has 0 N–H and O–H groups in total. The van der Waals surface area contributed by atoms with Gasteiger partial charge in [0.2, 0.25) is 11.8 Å². The first-order valence-electron chi connectivity index (χ1n) is 9.01. The molecule has 0 spiro atoms. The Kier molecular flexibility index (Phi) is 5.52. The van der Waals surface area contributed by atoms with Crippen LogP contribution >= 0.6 is 11.6 Å². The molecule has 6 heteroatoms. The third kappa shape index (κ3) is 4.09. The number of para-hydroxylation sites is 1. The Morgan fingerprint density at radius 1 is 1.20 bits per heavy atom. The first-order chi connectivity index (χ1) is 12.0. The summed E-state index contributed by atoms with van der Waals surface area (Å²) in [6.07, 6.45) is 0.357. The number of piperazine rings is 1. The third-order valence-electron chi connectivity index (χ3n) is 4.93. The van der Waals surface area contributed by atoms with Crippen molar-refractivity contribution in [3.8, 4) is 0 Å². The number of likely N-dealkylation sites (tertiary alicyclic amines) is 1. The highest BCUT2D eigenvalue weighted by molar-refractivity contribution is 6.33. The van der Waals surface area contributed by atoms with Crippen molar-refractivity contribution >= 4 is 29.1 Å². The highest BCUT2D eigenvalue weighted by Gasteiger charge is 2.37. The predicted molar refractivity (Wildman–Crippen MR) is 99.8 cm³/mol. The molecule has 1 aromatic carbocycles. The largest absolute Gasteiger partial charge is 0.367 e. The lowest BCUT2D eigenvalue weighted by Gasteiger charge is -2.37. The SMILES string of the molecule is CC(C)CN1CC(C(=O)N2CCN(c3ccccc3Cl)CC2)CC1=O. The van der Waals surface area contributed by atoms with Crippen LogP contribution in [0.25, 0.3) is 0 Å². The number of hydrogen-bond donors (Lipinski definition) is 0. The van der Waals surface area contributed by atoms with Gasteiger partial charge in [0.25, 0.3) is 0 Å². The van der Waals surface area contributed by atoms with Crippen LogP contribution in [-0.2, 0) is 9.59 Å². The van der Waals surface area contributed by atoms with Crippen molar-refractivity contribution < 1.29 is 9.59 Å². The topological polar surface area (TPSA) is 43.9 Å². The molecule has 2 aliphatic rings. The van der Waals surface area contributed by atoms with E-state index in [1.807, 2.05) is 34.1 Å². The van der Waals surface area contributed by atoms with E-state index in [-0.39, 0.29) is 17.7 Å². The summed E-state index contributed by atoms with van der Waals surface area (Å²) >= 11 is 6.27. The molecule has 2 amide bonds. The molecule has 0 radical (unpaired) electrons. The number of hydrogen-bond acceptors (Lipinski definition) is 3. The molecule has 3 rings (SSSR count). The second-order valence-corrected chi connectivity index (χ2v) is 7.76. The molecule has 2 saturated heterocycles. The summed E-state index contributed by atoms with van der Waals surface area (Å²) in [5, 5.41) is 0.744. The lowest BCUT2D eigenvalue weighted by atomic mass is 10.1. The molecule has 136 valence electrons. The van der Waals surface area contributed by atoms with Gasteiger partial charge in [-0.15, -0.1) is 0 Å². The maximum atomic E-state index is 12.8. The van der Waals surface area contributed by atoms with Gasteiger partial charge in [0, 0.05) is 45.7 Å². The molecule has 1 aromatic rings. The van der Waals surface area contributed by atoms with E-state index in [1.165, 1.54) is 0 Å². The lowest BCUT2D eigenvalue weighted by Crippen LogP contribution is -2.50. The monoisotopic (exact) mass is 363 g/mol. The zero-order valence-corrected chi connectivity index (χ0v) is 15.7. The fourth-order valence-electron chi connectivity index (χ4n) is 3.69. The number of benzene rings is 1. The van der Waals surface area contributed by atoms with E-state index in [0.717, 1.165) is 30.3 Å². The summed E-state index contributed by atoms with van der Waals surface area (Å²) in [6.45, 7) is 8.39. The zero-order chi connectivity index (χ0) is 18.0. The minimum Gasteiger partial charge on any atom is -0.367 e. The highest BCUT2D eigenvalue weighted by atomic mass is 35.5. The van der Waals surface area contributed by atoms with Crippen molar-refractivity contribution in [2.45, 2.75) is 20.3 Å². The number of anilines is 1. The highest BCUT2D eigenvalue weighted by Crippen LogP contribution is 2.27. The van der Waals surface area contributed by atoms with Crippen molar-refractivity contribution in [1.29, 1.82) is 0 Å². The van der Waals surface area contributed by atoms with Crippen molar-refractivity contribution in [2.24, 2.45) is 11.8 Å². The van der Waals surface area contributed by atoms with Crippen LogP contribution in [0, 0.1) is 11.8 Å². The Morgan fingerprint density at radius 3 is 2.52 bits per heavy atom. The maximum Gasteiger partial charge on any atom is 0.228 e. The van der Waals surface area contributed by atoms with Crippen molar-refractivity contribution in [1.82, 2.24) is 9.80 Å². The molecule has 0 saturated carbocycles. The number of nitrogens with zero attached hydrogens (tertiary/aromatic N) is 3. The molecule has 2 aliphatic heterocycles. The molecule has 0 aliphatic carbocycles. The number of carbonyl (C=O) groups is 2. The average molecular weight is 364 g/mol. The molecule has 0 bridgehead atoms. The quantitative estimate of drug-likeness (QED) is 0.825. The van der Waals surface area contributed by atoms with E-state index >= 15 is 0 Å². The van der Waals surface area contributed by atoms with E-state index in [1.54, 1.807) is 0 Å². The molecule has 1 atom stereocenters. The summed E-state index contributed by atoms with van der Waals surface area (Å²) in [7, 11) is 0. The lowest BCUT2D eigenvalue weighted by molar-refractivity contribution is -0.136. The van der Waals surface area contributed by atoms with Crippen LogP contribution in [0.1, 0.15) is 20.3 Å². The van der Waals surface area contributed by atoms with Gasteiger partial charge in [-0.3, -0.25) is 9.59 Å². The summed E-state index contributed by atoms with van der Waals surface area (Å²) in [5.41, 5.74) is 1.02. The molecule has 5 nitrogen and oxygen atoms in total. The summed E-state index contributed by atoms with van der Waals surface area (Å²) < 4.78 is 0. The fourth-order valence-corrected chi connectivity index (χ4v) is 3.94. The molecular weight excluding hydrogens is 338 g/mol. The van der Waals surface area contributed by atoms with E-state index in [9.17, 15) is 9.59 Å². The Labute approximate surface area is 154 Å². The van der Waals surface area contributed by atoms with Crippen LogP contribution in [0.2, 0.25) is 5.02 Å². The van der Waals surface area contributed by atoms with Gasteiger partial charge in [0.1, 0.15) is 0 Å². The van der Waals surface area contributed by atoms with Crippen LogP contribution in [0.5, 0.6) is 0 Å². The van der Waals surface area contributed by atoms with Gasteiger partial charge in [-0.1, -0.05) is 37.6 Å². The summed E-state index contributed by atoms with van der Waals surface area (Å²) in [6, 6.07) is 7.80. The van der Waals surface area contributed by atoms with Crippen molar-refractivity contribution in [3.05, 3.63) is 29.3 Å². The predicted octanol–water partition coefficient (Wildman–Crippen LogP) is 2.49. The fraction of sp³-hybridized carbons (Fsp3) is 0.579. The van der Waals surface area contributed by atoms with Gasteiger partial charge < -0.3 is 14.7 Å². The molecule has 0 aromatic heterocycles. The van der Waals surface area contributed by atoms with Gasteiger partial charge in [-0.2, -0.15) is 0 Å². The second kappa shape index (κ2) is 7.65. The minimum atomic E-state index is -0.182. The molecule has 25 heavy (non-hydrogen) atoms. The number of halogens is 1. The van der Waals surface area contributed by atoms with Gasteiger partial charge >= 0.3 is 0 Å². The van der Waals surface area contributed by atoms with E-state index in [2.05, 4.69) is 18.7 Å². The Hall–Kier alpha value is -1.75. The number of amides is 2. The first-order valence-corrected chi connectivity index (χ1v) is 9.39. The average Bonchev–Trinajstić information content (AvgIpc) is 2.95. The van der Waals surface area contributed by atoms with Crippen LogP contribution in [-0.4, -0.2) is 60.9 Å². The normalized spacial score (nSPS) is 21.4. The second-order valence-electron chi connectivity index (χ2n) is 7.36. The third-order valence-corrected chi connectivity index (χ3v) is 5.25. The summed E-state index contributed by atoms with van der Waals surface area (Å²) in [4.78, 5) is 30.9. The molecule has 2 fully saturated rings. The van der Waals surface area contributed by atoms with Crippen LogP contribution in [0.4, 0.5) is 5.69 Å². The van der Waals surface area contributed by atoms with Crippen molar-refractivity contribution in [3.63, 3.8) is 0 Å². The molecule has 2 heterocycles. The van der Waals surface area contributed by atoms with Crippen LogP contribution < -0.4 is 4.90 Å². The van der Waals surface area contributed by atoms with Gasteiger partial charge in [-0.25, -0.2) is 0 Å². The van der Waals surface area contributed by atoms with Crippen molar-refractivity contribution in [2.75, 3.05) is 44.2 Å². The van der Waals surface area contributed by atoms with Crippen LogP contribution in [0.15, 0.2) is 24.3 Å². The first kappa shape index (κ1) is 18.1. The Bertz CT molecular complexity index is 641. The Morgan fingerprint density at radius 2 is 1.88 bits per heavy atom. The van der Waals surface area contributed by atoms with E-state index < -0.39 is 0 Å². The van der Waals surface area contributed by atoms with Gasteiger partial charge in [-0.05, 0) is 18.1 Å². The smallest absolute Gasteiger partial charge is 0.228 e. The maximum absolute atomic E-state index is 12.8. The number of rotatable bonds is 4. The minimum absolute atomic E-state index is 0.113. The summed E-state index contributed by atoms with van der Waals surface area (Å²) in [5.74, 6) is 0.482. The van der Waals surface area contributed by atoms with E-state index in [0.29, 0.717) is 32.0 Å². The van der Waals surface area contributed by atoms with Gasteiger partial charge in [0.05, 0.1) is 16.6 Å². The number of carbonyl (C=O) groups excluding carboxylic acids is 2. The standard InChI is InChI=1S/C19H26ClN3O2/c1-14(2)12-23-13-15(11-18(23)24)19(25)22-9-7-21(8-10-22)17-6-4-3-5-16(17)20/h3-6,14-15H,7-13H2,1-2H3. The van der Waals surface area contributed by atoms with E-state index in [4.69, 9.17) is 11.6 Å². The van der Waals surface area contributed by atoms with Crippen LogP contribution in [0.3, 0.4) is 0 Å². The zero-order valence-electron chi connectivity index (χ0n) is 14.9. The van der Waals surface area contributed by atoms with Gasteiger partial charge in [0.15, 0.2) is 0 Å². The Balaban J connectivity index is 1.55. The molecule has 1 unspecified atom stereocenters. The molecular formula is C19H26ClN3O2.